The van der Waals surface area contributed by atoms with Gasteiger partial charge in [0.1, 0.15) is 0 Å². The Bertz CT molecular complexity index is 121. The third-order valence-electron chi connectivity index (χ3n) is 3.17. The van der Waals surface area contributed by atoms with Crippen molar-refractivity contribution in [1.82, 2.24) is 4.90 Å². The van der Waals surface area contributed by atoms with Gasteiger partial charge in [0.25, 0.3) is 0 Å². The molecule has 1 nitrogen and oxygen atoms in total. The Morgan fingerprint density at radius 1 is 1.07 bits per heavy atom. The number of piperidine rings is 1. The van der Waals surface area contributed by atoms with Gasteiger partial charge in [-0.1, -0.05) is 47.0 Å². The topological polar surface area (TPSA) is 3.24 Å². The normalized spacial score (nSPS) is 22.0. The van der Waals surface area contributed by atoms with Crippen LogP contribution >= 0.6 is 0 Å². The molecule has 1 atom stereocenters. The van der Waals surface area contributed by atoms with E-state index in [0.717, 1.165) is 6.04 Å². The lowest BCUT2D eigenvalue weighted by Crippen LogP contribution is -2.39. The largest absolute Gasteiger partial charge is 0.300 e. The maximum absolute atomic E-state index is 2.73. The number of likely N-dealkylation sites (tertiary alicyclic amines) is 1. The second kappa shape index (κ2) is 10.5. The highest BCUT2D eigenvalue weighted by molar-refractivity contribution is 4.76. The first-order valence-electron chi connectivity index (χ1n) is 7.12. The highest BCUT2D eigenvalue weighted by Gasteiger charge is 2.20. The van der Waals surface area contributed by atoms with Gasteiger partial charge < -0.3 is 4.90 Å². The molecule has 0 amide bonds. The van der Waals surface area contributed by atoms with Crippen LogP contribution in [0.15, 0.2) is 0 Å². The number of nitrogens with zero attached hydrogens (tertiary/aromatic N) is 1. The van der Waals surface area contributed by atoms with Crippen molar-refractivity contribution in [3.8, 4) is 0 Å². The van der Waals surface area contributed by atoms with Crippen molar-refractivity contribution in [2.45, 2.75) is 78.7 Å². The first-order chi connectivity index (χ1) is 7.38. The Balaban J connectivity index is 0.000000921. The van der Waals surface area contributed by atoms with Crippen molar-refractivity contribution in [1.29, 1.82) is 0 Å². The molecule has 0 radical (unpaired) electrons. The van der Waals surface area contributed by atoms with Crippen LogP contribution < -0.4 is 0 Å². The highest BCUT2D eigenvalue weighted by atomic mass is 15.2. The van der Waals surface area contributed by atoms with Gasteiger partial charge >= 0.3 is 0 Å². The average molecular weight is 213 g/mol. The summed E-state index contributed by atoms with van der Waals surface area (Å²) in [6.45, 7) is 11.3. The lowest BCUT2D eigenvalue weighted by Gasteiger charge is -2.35. The van der Waals surface area contributed by atoms with E-state index in [1.807, 2.05) is 13.8 Å². The minimum atomic E-state index is 0.922. The minimum Gasteiger partial charge on any atom is -0.300 e. The quantitative estimate of drug-likeness (QED) is 0.651. The average Bonchev–Trinajstić information content (AvgIpc) is 2.31. The first-order valence-corrected chi connectivity index (χ1v) is 7.12. The van der Waals surface area contributed by atoms with Gasteiger partial charge in [-0.25, -0.2) is 0 Å². The van der Waals surface area contributed by atoms with Crippen LogP contribution in [-0.4, -0.2) is 24.0 Å². The van der Waals surface area contributed by atoms with E-state index in [-0.39, 0.29) is 0 Å². The summed E-state index contributed by atoms with van der Waals surface area (Å²) < 4.78 is 0. The van der Waals surface area contributed by atoms with Crippen LogP contribution in [0.1, 0.15) is 72.6 Å². The van der Waals surface area contributed by atoms with Crippen molar-refractivity contribution >= 4 is 0 Å². The van der Waals surface area contributed by atoms with Crippen LogP contribution in [0.5, 0.6) is 0 Å². The van der Waals surface area contributed by atoms with E-state index in [0.29, 0.717) is 0 Å². The smallest absolute Gasteiger partial charge is 0.00951 e. The van der Waals surface area contributed by atoms with Crippen LogP contribution in [-0.2, 0) is 0 Å². The number of hydrogen-bond donors (Lipinski definition) is 0. The Kier molecular flexibility index (Phi) is 10.4. The molecule has 0 aromatic rings. The summed E-state index contributed by atoms with van der Waals surface area (Å²) in [6, 6.07) is 0.922. The summed E-state index contributed by atoms with van der Waals surface area (Å²) >= 11 is 0. The van der Waals surface area contributed by atoms with Crippen molar-refractivity contribution in [3.63, 3.8) is 0 Å². The molecular weight excluding hydrogens is 182 g/mol. The number of rotatable bonds is 5. The maximum Gasteiger partial charge on any atom is 0.00951 e. The Labute approximate surface area is 97.2 Å². The van der Waals surface area contributed by atoms with Crippen LogP contribution in [0.4, 0.5) is 0 Å². The van der Waals surface area contributed by atoms with Crippen LogP contribution in [0.2, 0.25) is 0 Å². The summed E-state index contributed by atoms with van der Waals surface area (Å²) in [5, 5.41) is 0. The zero-order chi connectivity index (χ0) is 11.5. The molecule has 0 aliphatic carbocycles. The second-order valence-electron chi connectivity index (χ2n) is 4.33. The molecule has 0 saturated carbocycles. The molecule has 1 fully saturated rings. The minimum absolute atomic E-state index is 0.922. The van der Waals surface area contributed by atoms with Gasteiger partial charge in [-0.3, -0.25) is 0 Å². The van der Waals surface area contributed by atoms with Crippen molar-refractivity contribution in [2.24, 2.45) is 0 Å². The van der Waals surface area contributed by atoms with E-state index in [2.05, 4.69) is 18.7 Å². The highest BCUT2D eigenvalue weighted by Crippen LogP contribution is 2.20. The summed E-state index contributed by atoms with van der Waals surface area (Å²) in [5.74, 6) is 0. The summed E-state index contributed by atoms with van der Waals surface area (Å²) in [4.78, 5) is 2.73. The second-order valence-corrected chi connectivity index (χ2v) is 4.33. The van der Waals surface area contributed by atoms with Crippen molar-refractivity contribution in [2.75, 3.05) is 13.1 Å². The van der Waals surface area contributed by atoms with Gasteiger partial charge in [0.15, 0.2) is 0 Å². The predicted octanol–water partition coefficient (Wildman–Crippen LogP) is 4.47. The fourth-order valence-corrected chi connectivity index (χ4v) is 2.38. The van der Waals surface area contributed by atoms with E-state index < -0.39 is 0 Å². The Morgan fingerprint density at radius 3 is 2.40 bits per heavy atom. The monoisotopic (exact) mass is 213 g/mol. The van der Waals surface area contributed by atoms with E-state index in [9.17, 15) is 0 Å². The molecule has 0 aromatic heterocycles. The molecule has 1 aliphatic rings. The van der Waals surface area contributed by atoms with Gasteiger partial charge in [0, 0.05) is 6.04 Å². The van der Waals surface area contributed by atoms with Crippen molar-refractivity contribution < 1.29 is 0 Å². The molecule has 1 heterocycles. The lowest BCUT2D eigenvalue weighted by atomic mass is 9.98. The molecule has 0 aromatic carbocycles. The molecule has 92 valence electrons. The molecule has 1 saturated heterocycles. The maximum atomic E-state index is 2.73. The summed E-state index contributed by atoms with van der Waals surface area (Å²) in [6.07, 6.45) is 9.86. The van der Waals surface area contributed by atoms with Crippen LogP contribution in [0.3, 0.4) is 0 Å². The third-order valence-corrected chi connectivity index (χ3v) is 3.17. The van der Waals surface area contributed by atoms with E-state index >= 15 is 0 Å². The molecular formula is C14H31N. The zero-order valence-electron chi connectivity index (χ0n) is 11.4. The molecule has 1 heteroatoms. The first kappa shape index (κ1) is 15.0. The molecule has 1 unspecified atom stereocenters. The van der Waals surface area contributed by atoms with Crippen LogP contribution in [0, 0.1) is 0 Å². The van der Waals surface area contributed by atoms with Gasteiger partial charge in [-0.2, -0.15) is 0 Å². The standard InChI is InChI=1S/C12H25N.C2H6/c1-3-5-10-13-11-7-6-9-12(13)8-4-2;1-2/h12H,3-11H2,1-2H3;1-2H3. The lowest BCUT2D eigenvalue weighted by molar-refractivity contribution is 0.137. The zero-order valence-corrected chi connectivity index (χ0v) is 11.4. The molecule has 0 N–H and O–H groups in total. The van der Waals surface area contributed by atoms with Crippen LogP contribution in [0.25, 0.3) is 0 Å². The van der Waals surface area contributed by atoms with Gasteiger partial charge in [0.05, 0.1) is 0 Å². The van der Waals surface area contributed by atoms with Gasteiger partial charge in [-0.05, 0) is 38.8 Å². The molecule has 15 heavy (non-hydrogen) atoms. The van der Waals surface area contributed by atoms with E-state index in [1.165, 1.54) is 58.0 Å². The summed E-state index contributed by atoms with van der Waals surface area (Å²) in [5.41, 5.74) is 0. The SMILES string of the molecule is CC.CCCCN1CCCCC1CCC. The predicted molar refractivity (Wildman–Crippen MR) is 70.4 cm³/mol. The van der Waals surface area contributed by atoms with E-state index in [4.69, 9.17) is 0 Å². The Morgan fingerprint density at radius 2 is 1.80 bits per heavy atom. The van der Waals surface area contributed by atoms with Gasteiger partial charge in [-0.15, -0.1) is 0 Å². The molecule has 1 aliphatic heterocycles. The Hall–Kier alpha value is -0.0400. The molecule has 0 bridgehead atoms. The third kappa shape index (κ3) is 6.19. The van der Waals surface area contributed by atoms with E-state index in [1.54, 1.807) is 0 Å². The molecule has 0 spiro atoms. The number of unbranched alkanes of at least 4 members (excludes halogenated alkanes) is 1. The fourth-order valence-electron chi connectivity index (χ4n) is 2.38. The fraction of sp³-hybridized carbons (Fsp3) is 1.00. The number of hydrogen-bond acceptors (Lipinski definition) is 1. The van der Waals surface area contributed by atoms with Crippen molar-refractivity contribution in [3.05, 3.63) is 0 Å². The summed E-state index contributed by atoms with van der Waals surface area (Å²) in [7, 11) is 0. The molecule has 1 rings (SSSR count). The van der Waals surface area contributed by atoms with Gasteiger partial charge in [0.2, 0.25) is 0 Å².